The average molecular weight is 727 g/mol. The number of esters is 1. The Balaban J connectivity index is 0.822. The van der Waals surface area contributed by atoms with Gasteiger partial charge in [0.15, 0.2) is 0 Å². The highest BCUT2D eigenvalue weighted by molar-refractivity contribution is 5.98. The van der Waals surface area contributed by atoms with Crippen molar-refractivity contribution in [3.8, 4) is 11.5 Å². The van der Waals surface area contributed by atoms with Gasteiger partial charge in [0.25, 0.3) is 5.91 Å². The molecule has 11 nitrogen and oxygen atoms in total. The van der Waals surface area contributed by atoms with Gasteiger partial charge in [-0.25, -0.2) is 4.39 Å². The average Bonchev–Trinajstić information content (AvgIpc) is 3.15. The van der Waals surface area contributed by atoms with E-state index in [-0.39, 0.29) is 48.2 Å². The molecule has 4 aliphatic heterocycles. The molecule has 5 heterocycles. The number of amides is 1. The number of carbonyl (C=O) groups excluding carboxylic acids is 2. The third kappa shape index (κ3) is 8.09. The van der Waals surface area contributed by atoms with Crippen molar-refractivity contribution < 1.29 is 33.7 Å². The van der Waals surface area contributed by atoms with Crippen molar-refractivity contribution in [2.24, 2.45) is 5.92 Å². The number of hydrogen-bond donors (Lipinski definition) is 4. The van der Waals surface area contributed by atoms with Crippen LogP contribution in [0.4, 0.5) is 4.39 Å². The minimum atomic E-state index is -1.03. The summed E-state index contributed by atoms with van der Waals surface area (Å²) < 4.78 is 25.9. The molecule has 4 saturated heterocycles. The molecular formula is C41H47FN4O7. The van der Waals surface area contributed by atoms with Crippen molar-refractivity contribution in [3.05, 3.63) is 106 Å². The third-order valence-electron chi connectivity index (χ3n) is 11.1. The number of aromatic hydroxyl groups is 1. The van der Waals surface area contributed by atoms with Crippen LogP contribution in [0.25, 0.3) is 10.9 Å². The molecule has 4 aromatic rings. The lowest BCUT2D eigenvalue weighted by atomic mass is 9.73. The van der Waals surface area contributed by atoms with Crippen LogP contribution < -0.4 is 15.6 Å². The molecule has 1 aromatic heterocycles. The molecule has 4 aliphatic rings. The molecule has 280 valence electrons. The first-order valence-electron chi connectivity index (χ1n) is 18.7. The van der Waals surface area contributed by atoms with E-state index in [1.165, 1.54) is 24.3 Å². The van der Waals surface area contributed by atoms with Gasteiger partial charge < -0.3 is 34.9 Å². The number of aromatic nitrogens is 1. The molecule has 12 heteroatoms. The minimum Gasteiger partial charge on any atom is -0.506 e. The molecule has 2 atom stereocenters. The molecule has 2 bridgehead atoms. The van der Waals surface area contributed by atoms with Crippen molar-refractivity contribution in [1.82, 2.24) is 20.1 Å². The van der Waals surface area contributed by atoms with E-state index in [9.17, 15) is 29.0 Å². The van der Waals surface area contributed by atoms with Crippen molar-refractivity contribution in [3.63, 3.8) is 0 Å². The summed E-state index contributed by atoms with van der Waals surface area (Å²) in [6.45, 7) is 4.79. The van der Waals surface area contributed by atoms with Crippen LogP contribution in [0.15, 0.2) is 77.6 Å². The summed E-state index contributed by atoms with van der Waals surface area (Å²) in [6.07, 6.45) is 4.87. The molecular weight excluding hydrogens is 679 g/mol. The summed E-state index contributed by atoms with van der Waals surface area (Å²) in [7, 11) is 0. The second kappa shape index (κ2) is 16.1. The van der Waals surface area contributed by atoms with Crippen molar-refractivity contribution in [1.29, 1.82) is 0 Å². The fraction of sp³-hybridized carbons (Fsp3) is 0.439. The van der Waals surface area contributed by atoms with Crippen LogP contribution in [-0.4, -0.2) is 95.4 Å². The summed E-state index contributed by atoms with van der Waals surface area (Å²) in [6, 6.07) is 19.1. The normalized spacial score (nSPS) is 20.9. The van der Waals surface area contributed by atoms with Crippen molar-refractivity contribution in [2.45, 2.75) is 56.1 Å². The number of fused-ring (bicyclic) bond motifs is 4. The first kappa shape index (κ1) is 36.6. The Morgan fingerprint density at radius 3 is 2.40 bits per heavy atom. The number of piperidine rings is 3. The molecule has 4 N–H and O–H groups in total. The van der Waals surface area contributed by atoms with E-state index in [1.54, 1.807) is 53.4 Å². The Labute approximate surface area is 307 Å². The Hall–Kier alpha value is -4.78. The standard InChI is InChI=1S/C41H47FN4O7/c42-30-9-7-29(8-10-30)41(40(51)53-36-24-45-20-17-27(36)18-21-45)25-46(26-41)39(50)28-5-11-31(12-6-28)52-22-4-2-1-3-19-43-23-35(48)32-13-15-34(47)38-33(32)14-16-37(49)44-38/h5-16,27,35-36,43,47-48H,1-4,17-26H2,(H,44,49). The summed E-state index contributed by atoms with van der Waals surface area (Å²) in [5.74, 6) is 0.0946. The van der Waals surface area contributed by atoms with Crippen LogP contribution in [0.5, 0.6) is 11.5 Å². The molecule has 1 amide bonds. The largest absolute Gasteiger partial charge is 0.506 e. The van der Waals surface area contributed by atoms with Crippen molar-refractivity contribution in [2.75, 3.05) is 52.4 Å². The Bertz CT molecular complexity index is 1950. The number of aromatic amines is 1. The molecule has 8 rings (SSSR count). The first-order chi connectivity index (χ1) is 25.7. The van der Waals surface area contributed by atoms with Gasteiger partial charge in [-0.3, -0.25) is 19.3 Å². The number of unbranched alkanes of at least 4 members (excludes halogenated alkanes) is 3. The number of aliphatic hydroxyl groups excluding tert-OH is 1. The Morgan fingerprint density at radius 1 is 0.943 bits per heavy atom. The van der Waals surface area contributed by atoms with Gasteiger partial charge in [-0.05, 0) is 111 Å². The number of aliphatic hydroxyl groups is 1. The fourth-order valence-corrected chi connectivity index (χ4v) is 7.91. The summed E-state index contributed by atoms with van der Waals surface area (Å²) in [4.78, 5) is 45.4. The van der Waals surface area contributed by atoms with E-state index >= 15 is 0 Å². The number of halogens is 1. The zero-order chi connectivity index (χ0) is 37.0. The Morgan fingerprint density at radius 2 is 1.68 bits per heavy atom. The highest BCUT2D eigenvalue weighted by Crippen LogP contribution is 2.39. The van der Waals surface area contributed by atoms with Crippen LogP contribution in [0.2, 0.25) is 0 Å². The maximum Gasteiger partial charge on any atom is 0.320 e. The Kier molecular flexibility index (Phi) is 11.1. The number of nitrogens with zero attached hydrogens (tertiary/aromatic N) is 2. The molecule has 4 fully saturated rings. The lowest BCUT2D eigenvalue weighted by Gasteiger charge is -2.50. The van der Waals surface area contributed by atoms with E-state index in [4.69, 9.17) is 9.47 Å². The SMILES string of the molecule is O=C(c1ccc(OCCCCCCNCC(O)c2ccc(O)c3[nH]c(=O)ccc23)cc1)N1CC(C(=O)OC2CN3CCC2CC3)(c2ccc(F)cc2)C1. The van der Waals surface area contributed by atoms with Crippen LogP contribution >= 0.6 is 0 Å². The molecule has 0 aliphatic carbocycles. The predicted molar refractivity (Wildman–Crippen MR) is 197 cm³/mol. The van der Waals surface area contributed by atoms with Gasteiger partial charge in [0.2, 0.25) is 5.56 Å². The maximum absolute atomic E-state index is 13.8. The number of phenols is 1. The maximum atomic E-state index is 13.8. The number of nitrogens with one attached hydrogen (secondary N) is 2. The number of likely N-dealkylation sites (tertiary alicyclic amines) is 1. The van der Waals surface area contributed by atoms with E-state index in [0.717, 1.165) is 64.7 Å². The van der Waals surface area contributed by atoms with Gasteiger partial charge in [-0.1, -0.05) is 31.0 Å². The van der Waals surface area contributed by atoms with Gasteiger partial charge >= 0.3 is 5.97 Å². The number of hydrogen-bond acceptors (Lipinski definition) is 9. The summed E-state index contributed by atoms with van der Waals surface area (Å²) in [5, 5.41) is 24.7. The van der Waals surface area contributed by atoms with Crippen LogP contribution in [0, 0.1) is 11.7 Å². The number of benzene rings is 3. The fourth-order valence-electron chi connectivity index (χ4n) is 7.91. The highest BCUT2D eigenvalue weighted by Gasteiger charge is 2.55. The topological polar surface area (TPSA) is 144 Å². The molecule has 3 aromatic carbocycles. The first-order valence-corrected chi connectivity index (χ1v) is 18.7. The van der Waals surface area contributed by atoms with E-state index < -0.39 is 11.5 Å². The van der Waals surface area contributed by atoms with Gasteiger partial charge in [0.1, 0.15) is 28.8 Å². The van der Waals surface area contributed by atoms with E-state index in [2.05, 4.69) is 15.2 Å². The number of carbonyl (C=O) groups is 2. The minimum absolute atomic E-state index is 0.0352. The quantitative estimate of drug-likeness (QED) is 0.102. The second-order valence-corrected chi connectivity index (χ2v) is 14.6. The van der Waals surface area contributed by atoms with E-state index in [1.807, 2.05) is 0 Å². The lowest BCUT2D eigenvalue weighted by molar-refractivity contribution is -0.171. The lowest BCUT2D eigenvalue weighted by Crippen LogP contribution is -2.66. The number of H-pyrrole nitrogens is 1. The molecule has 0 radical (unpaired) electrons. The third-order valence-corrected chi connectivity index (χ3v) is 11.1. The monoisotopic (exact) mass is 726 g/mol. The predicted octanol–water partition coefficient (Wildman–Crippen LogP) is 4.67. The summed E-state index contributed by atoms with van der Waals surface area (Å²) in [5.41, 5.74) is 0.774. The van der Waals surface area contributed by atoms with Crippen LogP contribution in [0.1, 0.15) is 66.1 Å². The molecule has 53 heavy (non-hydrogen) atoms. The molecule has 0 saturated carbocycles. The summed E-state index contributed by atoms with van der Waals surface area (Å²) >= 11 is 0. The molecule has 2 unspecified atom stereocenters. The van der Waals surface area contributed by atoms with E-state index in [0.29, 0.717) is 52.4 Å². The number of phenolic OH excluding ortho intramolecular Hbond substituents is 1. The van der Waals surface area contributed by atoms with Gasteiger partial charge in [0, 0.05) is 43.2 Å². The van der Waals surface area contributed by atoms with Gasteiger partial charge in [0.05, 0.1) is 18.2 Å². The molecule has 0 spiro atoms. The number of ether oxygens (including phenoxy) is 2. The highest BCUT2D eigenvalue weighted by atomic mass is 19.1. The van der Waals surface area contributed by atoms with Crippen LogP contribution in [-0.2, 0) is 14.9 Å². The smallest absolute Gasteiger partial charge is 0.320 e. The van der Waals surface area contributed by atoms with Crippen molar-refractivity contribution >= 4 is 22.8 Å². The second-order valence-electron chi connectivity index (χ2n) is 14.6. The zero-order valence-corrected chi connectivity index (χ0v) is 29.8. The number of pyridine rings is 1. The van der Waals surface area contributed by atoms with Gasteiger partial charge in [-0.2, -0.15) is 0 Å². The zero-order valence-electron chi connectivity index (χ0n) is 29.8. The number of rotatable bonds is 15. The van der Waals surface area contributed by atoms with Gasteiger partial charge in [-0.15, -0.1) is 0 Å². The van der Waals surface area contributed by atoms with Crippen LogP contribution in [0.3, 0.4) is 0 Å².